The van der Waals surface area contributed by atoms with Crippen molar-refractivity contribution in [3.8, 4) is 17.2 Å². The Morgan fingerprint density at radius 2 is 1.62 bits per heavy atom. The lowest BCUT2D eigenvalue weighted by Crippen LogP contribution is -2.46. The van der Waals surface area contributed by atoms with Crippen molar-refractivity contribution in [3.63, 3.8) is 0 Å². The molecule has 0 spiro atoms. The van der Waals surface area contributed by atoms with Gasteiger partial charge in [-0.1, -0.05) is 18.2 Å². The van der Waals surface area contributed by atoms with Crippen LogP contribution in [0.2, 0.25) is 0 Å². The molecule has 0 aliphatic heterocycles. The van der Waals surface area contributed by atoms with Gasteiger partial charge < -0.3 is 24.6 Å². The topological polar surface area (TPSA) is 60.0 Å². The van der Waals surface area contributed by atoms with Crippen LogP contribution in [0.15, 0.2) is 48.5 Å². The summed E-state index contributed by atoms with van der Waals surface area (Å²) in [6, 6.07) is 15.4. The minimum atomic E-state index is -0.601. The maximum atomic E-state index is 10.2. The average Bonchev–Trinajstić information content (AvgIpc) is 2.65. The molecule has 0 aliphatic rings. The Bertz CT molecular complexity index is 670. The molecular formula is C21H29NO4. The molecule has 0 fully saturated rings. The molecule has 1 atom stereocenters. The van der Waals surface area contributed by atoms with E-state index in [4.69, 9.17) is 14.2 Å². The van der Waals surface area contributed by atoms with Gasteiger partial charge in [-0.25, -0.2) is 0 Å². The smallest absolute Gasteiger partial charge is 0.123 e. The van der Waals surface area contributed by atoms with Crippen LogP contribution < -0.4 is 19.5 Å². The maximum Gasteiger partial charge on any atom is 0.123 e. The van der Waals surface area contributed by atoms with Crippen molar-refractivity contribution < 1.29 is 19.3 Å². The third-order valence-corrected chi connectivity index (χ3v) is 4.10. The predicted molar refractivity (Wildman–Crippen MR) is 103 cm³/mol. The Balaban J connectivity index is 1.77. The molecule has 5 nitrogen and oxygen atoms in total. The second-order valence-electron chi connectivity index (χ2n) is 6.93. The van der Waals surface area contributed by atoms with Crippen LogP contribution >= 0.6 is 0 Å². The summed E-state index contributed by atoms with van der Waals surface area (Å²) in [5.74, 6) is 2.27. The highest BCUT2D eigenvalue weighted by Crippen LogP contribution is 2.19. The minimum absolute atomic E-state index is 0.147. The summed E-state index contributed by atoms with van der Waals surface area (Å²) in [5.41, 5.74) is 1.07. The SMILES string of the molecule is COc1ccc(CC(C)(C)NCC(O)COc2cccc(OC)c2)cc1. The fraction of sp³-hybridized carbons (Fsp3) is 0.429. The van der Waals surface area contributed by atoms with Crippen LogP contribution in [0, 0.1) is 0 Å². The molecule has 0 heterocycles. The molecular weight excluding hydrogens is 330 g/mol. The second-order valence-corrected chi connectivity index (χ2v) is 6.93. The van der Waals surface area contributed by atoms with E-state index in [0.29, 0.717) is 12.3 Å². The monoisotopic (exact) mass is 359 g/mol. The van der Waals surface area contributed by atoms with Crippen molar-refractivity contribution in [2.24, 2.45) is 0 Å². The molecule has 2 aromatic rings. The normalized spacial score (nSPS) is 12.5. The maximum absolute atomic E-state index is 10.2. The third-order valence-electron chi connectivity index (χ3n) is 4.10. The van der Waals surface area contributed by atoms with Gasteiger partial charge in [0.05, 0.1) is 14.2 Å². The summed E-state index contributed by atoms with van der Waals surface area (Å²) in [4.78, 5) is 0. The first kappa shape index (κ1) is 20.1. The molecule has 0 saturated heterocycles. The van der Waals surface area contributed by atoms with E-state index < -0.39 is 6.10 Å². The number of ether oxygens (including phenoxy) is 3. The molecule has 0 bridgehead atoms. The van der Waals surface area contributed by atoms with Crippen LogP contribution in [-0.4, -0.2) is 44.1 Å². The van der Waals surface area contributed by atoms with Gasteiger partial charge in [-0.2, -0.15) is 0 Å². The first-order valence-electron chi connectivity index (χ1n) is 8.75. The molecule has 142 valence electrons. The van der Waals surface area contributed by atoms with Gasteiger partial charge in [0, 0.05) is 18.2 Å². The van der Waals surface area contributed by atoms with Crippen molar-refractivity contribution in [2.45, 2.75) is 31.9 Å². The number of rotatable bonds is 10. The van der Waals surface area contributed by atoms with E-state index in [9.17, 15) is 5.11 Å². The second kappa shape index (κ2) is 9.46. The van der Waals surface area contributed by atoms with Gasteiger partial charge >= 0.3 is 0 Å². The van der Waals surface area contributed by atoms with Crippen LogP contribution in [0.1, 0.15) is 19.4 Å². The highest BCUT2D eigenvalue weighted by atomic mass is 16.5. The van der Waals surface area contributed by atoms with Crippen LogP contribution in [-0.2, 0) is 6.42 Å². The molecule has 0 aromatic heterocycles. The van der Waals surface area contributed by atoms with E-state index in [-0.39, 0.29) is 12.1 Å². The van der Waals surface area contributed by atoms with E-state index in [2.05, 4.69) is 31.3 Å². The molecule has 26 heavy (non-hydrogen) atoms. The van der Waals surface area contributed by atoms with Gasteiger partial charge in [0.1, 0.15) is 30.0 Å². The highest BCUT2D eigenvalue weighted by Gasteiger charge is 2.19. The molecule has 2 N–H and O–H groups in total. The number of hydrogen-bond donors (Lipinski definition) is 2. The number of methoxy groups -OCH3 is 2. The zero-order valence-corrected chi connectivity index (χ0v) is 16.0. The summed E-state index contributed by atoms with van der Waals surface area (Å²) in [6.07, 6.45) is 0.247. The Morgan fingerprint density at radius 1 is 0.962 bits per heavy atom. The van der Waals surface area contributed by atoms with Crippen molar-refractivity contribution >= 4 is 0 Å². The third kappa shape index (κ3) is 6.58. The van der Waals surface area contributed by atoms with Gasteiger partial charge in [0.2, 0.25) is 0 Å². The lowest BCUT2D eigenvalue weighted by Gasteiger charge is -2.28. The quantitative estimate of drug-likeness (QED) is 0.683. The summed E-state index contributed by atoms with van der Waals surface area (Å²) >= 11 is 0. The van der Waals surface area contributed by atoms with Crippen LogP contribution in [0.5, 0.6) is 17.2 Å². The lowest BCUT2D eigenvalue weighted by molar-refractivity contribution is 0.0987. The largest absolute Gasteiger partial charge is 0.497 e. The first-order valence-corrected chi connectivity index (χ1v) is 8.75. The van der Waals surface area contributed by atoms with Crippen molar-refractivity contribution in [1.82, 2.24) is 5.32 Å². The number of nitrogens with one attached hydrogen (secondary N) is 1. The average molecular weight is 359 g/mol. The van der Waals surface area contributed by atoms with E-state index in [1.165, 1.54) is 5.56 Å². The van der Waals surface area contributed by atoms with Gasteiger partial charge in [-0.15, -0.1) is 0 Å². The number of aliphatic hydroxyl groups excluding tert-OH is 1. The Morgan fingerprint density at radius 3 is 2.27 bits per heavy atom. The number of benzene rings is 2. The highest BCUT2D eigenvalue weighted by molar-refractivity contribution is 5.32. The van der Waals surface area contributed by atoms with E-state index in [1.54, 1.807) is 20.3 Å². The van der Waals surface area contributed by atoms with Crippen LogP contribution in [0.3, 0.4) is 0 Å². The Kier molecular flexibility index (Phi) is 7.30. The van der Waals surface area contributed by atoms with Crippen molar-refractivity contribution in [1.29, 1.82) is 0 Å². The lowest BCUT2D eigenvalue weighted by atomic mass is 9.94. The summed E-state index contributed by atoms with van der Waals surface area (Å²) in [7, 11) is 3.28. The zero-order chi connectivity index (χ0) is 19.0. The molecule has 0 aliphatic carbocycles. The molecule has 0 saturated carbocycles. The Labute approximate surface area is 155 Å². The minimum Gasteiger partial charge on any atom is -0.497 e. The summed E-state index contributed by atoms with van der Waals surface area (Å²) in [5, 5.41) is 13.6. The summed E-state index contributed by atoms with van der Waals surface area (Å²) < 4.78 is 16.0. The van der Waals surface area contributed by atoms with Gasteiger partial charge in [0.15, 0.2) is 0 Å². The number of aliphatic hydroxyl groups is 1. The molecule has 2 rings (SSSR count). The predicted octanol–water partition coefficient (Wildman–Crippen LogP) is 3.05. The van der Waals surface area contributed by atoms with Crippen molar-refractivity contribution in [2.75, 3.05) is 27.4 Å². The zero-order valence-electron chi connectivity index (χ0n) is 16.0. The van der Waals surface area contributed by atoms with Crippen LogP contribution in [0.4, 0.5) is 0 Å². The van der Waals surface area contributed by atoms with Gasteiger partial charge in [0.25, 0.3) is 0 Å². The Hall–Kier alpha value is -2.24. The fourth-order valence-corrected chi connectivity index (χ4v) is 2.65. The van der Waals surface area contributed by atoms with Gasteiger partial charge in [-0.3, -0.25) is 0 Å². The van der Waals surface area contributed by atoms with Crippen LogP contribution in [0.25, 0.3) is 0 Å². The van der Waals surface area contributed by atoms with E-state index in [0.717, 1.165) is 17.9 Å². The van der Waals surface area contributed by atoms with Gasteiger partial charge in [-0.05, 0) is 50.1 Å². The first-order chi connectivity index (χ1) is 12.4. The molecule has 0 amide bonds. The number of β-amino-alcohol motifs (C(OH)–C–C–N with tert-alkyl or cyclic N) is 1. The number of hydrogen-bond acceptors (Lipinski definition) is 5. The summed E-state index contributed by atoms with van der Waals surface area (Å²) in [6.45, 7) is 4.91. The molecule has 0 radical (unpaired) electrons. The molecule has 5 heteroatoms. The van der Waals surface area contributed by atoms with E-state index >= 15 is 0 Å². The fourth-order valence-electron chi connectivity index (χ4n) is 2.65. The van der Waals surface area contributed by atoms with E-state index in [1.807, 2.05) is 30.3 Å². The van der Waals surface area contributed by atoms with Crippen molar-refractivity contribution in [3.05, 3.63) is 54.1 Å². The molecule has 2 aromatic carbocycles. The standard InChI is InChI=1S/C21H29NO4/c1-21(2,13-16-8-10-18(24-3)11-9-16)22-14-17(23)15-26-20-7-5-6-19(12-20)25-4/h5-12,17,22-23H,13-15H2,1-4H3. The molecule has 1 unspecified atom stereocenters.